The topological polar surface area (TPSA) is 12.9 Å². The molecule has 1 heterocycles. The summed E-state index contributed by atoms with van der Waals surface area (Å²) in [6, 6.07) is 0. The molecule has 1 nitrogen and oxygen atoms in total. The molecule has 1 rings (SSSR count). The van der Waals surface area contributed by atoms with Crippen LogP contribution in [0.1, 0.15) is 0 Å². The smallest absolute Gasteiger partial charge is 0 e. The molecule has 0 saturated carbocycles. The van der Waals surface area contributed by atoms with E-state index < -0.39 is 0 Å². The third-order valence-corrected chi connectivity index (χ3v) is 0.777. The molecule has 31 valence electrons. The number of hydrogen-bond acceptors (Lipinski definition) is 2. The zero-order chi connectivity index (χ0) is 3.54. The average molecular weight is 135 g/mol. The van der Waals surface area contributed by atoms with Crippen LogP contribution in [0.2, 0.25) is 0 Å². The Morgan fingerprint density at radius 1 is 1.67 bits per heavy atom. The van der Waals surface area contributed by atoms with Crippen LogP contribution in [0.4, 0.5) is 0 Å². The average Bonchev–Trinajstić information content (AvgIpc) is 1.76. The summed E-state index contributed by atoms with van der Waals surface area (Å²) in [5, 5.41) is 1.88. The standard InChI is InChI=1S/C3H2NS.V/c1-2-5-3-4-1;/h1-2H;/q-1;. The molecule has 0 atom stereocenters. The summed E-state index contributed by atoms with van der Waals surface area (Å²) in [4.78, 5) is 3.62. The van der Waals surface area contributed by atoms with Gasteiger partial charge in [-0.05, 0) is 5.51 Å². The zero-order valence-electron chi connectivity index (χ0n) is 2.96. The molecule has 3 heteroatoms. The van der Waals surface area contributed by atoms with Crippen LogP contribution in [0, 0.1) is 5.51 Å². The minimum absolute atomic E-state index is 0. The molecule has 1 aromatic rings. The van der Waals surface area contributed by atoms with Gasteiger partial charge < -0.3 is 4.98 Å². The second-order valence-electron chi connectivity index (χ2n) is 0.623. The molecule has 0 aromatic carbocycles. The quantitative estimate of drug-likeness (QED) is 0.482. The fourth-order valence-electron chi connectivity index (χ4n) is 0.152. The van der Waals surface area contributed by atoms with Gasteiger partial charge in [-0.25, -0.2) is 0 Å². The van der Waals surface area contributed by atoms with Crippen LogP contribution in [0.15, 0.2) is 11.6 Å². The van der Waals surface area contributed by atoms with E-state index in [-0.39, 0.29) is 18.6 Å². The Hall–Kier alpha value is 0.214. The first kappa shape index (κ1) is 6.21. The molecule has 1 radical (unpaired) electrons. The van der Waals surface area contributed by atoms with Crippen molar-refractivity contribution in [3.63, 3.8) is 0 Å². The van der Waals surface area contributed by atoms with Crippen molar-refractivity contribution in [2.75, 3.05) is 0 Å². The summed E-state index contributed by atoms with van der Waals surface area (Å²) >= 11 is 1.48. The van der Waals surface area contributed by atoms with Gasteiger partial charge in [-0.2, -0.15) is 0 Å². The third kappa shape index (κ3) is 1.60. The van der Waals surface area contributed by atoms with E-state index in [1.807, 2.05) is 5.38 Å². The SMILES string of the molecule is [V].[c-]1nccs1. The first-order valence-electron chi connectivity index (χ1n) is 1.25. The van der Waals surface area contributed by atoms with Gasteiger partial charge in [-0.1, -0.05) is 0 Å². The van der Waals surface area contributed by atoms with E-state index >= 15 is 0 Å². The number of aromatic nitrogens is 1. The second-order valence-corrected chi connectivity index (χ2v) is 1.31. The normalized spacial score (nSPS) is 6.67. The molecule has 0 amide bonds. The molecule has 0 unspecified atom stereocenters. The van der Waals surface area contributed by atoms with Crippen LogP contribution in [-0.4, -0.2) is 4.98 Å². The Morgan fingerprint density at radius 3 is 2.67 bits per heavy atom. The Kier molecular flexibility index (Phi) is 3.53. The van der Waals surface area contributed by atoms with E-state index in [4.69, 9.17) is 0 Å². The van der Waals surface area contributed by atoms with E-state index in [9.17, 15) is 0 Å². The summed E-state index contributed by atoms with van der Waals surface area (Å²) in [7, 11) is 0. The van der Waals surface area contributed by atoms with Gasteiger partial charge in [0.25, 0.3) is 0 Å². The molecule has 0 spiro atoms. The predicted octanol–water partition coefficient (Wildman–Crippen LogP) is 0.941. The molecule has 0 bridgehead atoms. The van der Waals surface area contributed by atoms with Gasteiger partial charge in [0.15, 0.2) is 0 Å². The van der Waals surface area contributed by atoms with Gasteiger partial charge in [-0.15, -0.1) is 11.6 Å². The number of rotatable bonds is 0. The van der Waals surface area contributed by atoms with Crippen molar-refractivity contribution in [3.05, 3.63) is 17.1 Å². The molecule has 0 aliphatic carbocycles. The third-order valence-electron chi connectivity index (χ3n) is 0.309. The van der Waals surface area contributed by atoms with Gasteiger partial charge >= 0.3 is 0 Å². The Labute approximate surface area is 52.3 Å². The van der Waals surface area contributed by atoms with Crippen molar-refractivity contribution in [1.29, 1.82) is 0 Å². The molecule has 0 aliphatic heterocycles. The maximum Gasteiger partial charge on any atom is 0 e. The van der Waals surface area contributed by atoms with E-state index in [0.717, 1.165) is 0 Å². The van der Waals surface area contributed by atoms with Gasteiger partial charge in [-0.3, -0.25) is 11.3 Å². The summed E-state index contributed by atoms with van der Waals surface area (Å²) in [6.07, 6.45) is 1.71. The fraction of sp³-hybridized carbons (Fsp3) is 0. The Bertz CT molecular complexity index is 67.3. The van der Waals surface area contributed by atoms with Gasteiger partial charge in [0.2, 0.25) is 0 Å². The molecule has 0 fully saturated rings. The van der Waals surface area contributed by atoms with Crippen molar-refractivity contribution in [2.24, 2.45) is 0 Å². The van der Waals surface area contributed by atoms with E-state index in [0.29, 0.717) is 0 Å². The summed E-state index contributed by atoms with van der Waals surface area (Å²) in [6.45, 7) is 0. The van der Waals surface area contributed by atoms with Gasteiger partial charge in [0.05, 0.1) is 0 Å². The first-order chi connectivity index (χ1) is 2.50. The summed E-state index contributed by atoms with van der Waals surface area (Å²) < 4.78 is 0. The van der Waals surface area contributed by atoms with Crippen molar-refractivity contribution >= 4 is 11.3 Å². The van der Waals surface area contributed by atoms with Crippen molar-refractivity contribution < 1.29 is 18.6 Å². The van der Waals surface area contributed by atoms with Gasteiger partial charge in [0, 0.05) is 18.6 Å². The first-order valence-corrected chi connectivity index (χ1v) is 2.13. The van der Waals surface area contributed by atoms with Crippen LogP contribution >= 0.6 is 11.3 Å². The minimum Gasteiger partial charge on any atom is -0.394 e. The predicted molar refractivity (Wildman–Crippen MR) is 20.9 cm³/mol. The minimum atomic E-state index is 0. The summed E-state index contributed by atoms with van der Waals surface area (Å²) in [5.41, 5.74) is 2.65. The van der Waals surface area contributed by atoms with Crippen LogP contribution in [0.3, 0.4) is 0 Å². The van der Waals surface area contributed by atoms with Crippen LogP contribution in [0.25, 0.3) is 0 Å². The number of hydrogen-bond donors (Lipinski definition) is 0. The number of thiazole rings is 1. The van der Waals surface area contributed by atoms with E-state index in [2.05, 4.69) is 10.5 Å². The molecular weight excluding hydrogens is 133 g/mol. The molecule has 1 aromatic heterocycles. The Morgan fingerprint density at radius 2 is 2.50 bits per heavy atom. The monoisotopic (exact) mass is 135 g/mol. The molecular formula is C3H2NSV-. The van der Waals surface area contributed by atoms with Crippen LogP contribution in [-0.2, 0) is 18.6 Å². The van der Waals surface area contributed by atoms with Crippen molar-refractivity contribution in [2.45, 2.75) is 0 Å². The molecule has 0 N–H and O–H groups in total. The van der Waals surface area contributed by atoms with Crippen LogP contribution in [0.5, 0.6) is 0 Å². The maximum atomic E-state index is 3.62. The van der Waals surface area contributed by atoms with Crippen LogP contribution < -0.4 is 0 Å². The van der Waals surface area contributed by atoms with E-state index in [1.54, 1.807) is 6.20 Å². The number of nitrogens with zero attached hydrogens (tertiary/aromatic N) is 1. The maximum absolute atomic E-state index is 3.62. The van der Waals surface area contributed by atoms with Crippen molar-refractivity contribution in [3.8, 4) is 0 Å². The molecule has 0 saturated heterocycles. The largest absolute Gasteiger partial charge is 0.394 e. The fourth-order valence-corrected chi connectivity index (χ4v) is 0.456. The second kappa shape index (κ2) is 3.41. The Balaban J connectivity index is 0.000000250. The van der Waals surface area contributed by atoms with E-state index in [1.165, 1.54) is 11.3 Å². The zero-order valence-corrected chi connectivity index (χ0v) is 5.17. The molecule has 6 heavy (non-hydrogen) atoms. The summed E-state index contributed by atoms with van der Waals surface area (Å²) in [5.74, 6) is 0. The van der Waals surface area contributed by atoms with Crippen molar-refractivity contribution in [1.82, 2.24) is 4.98 Å². The van der Waals surface area contributed by atoms with Gasteiger partial charge in [0.1, 0.15) is 0 Å². The molecule has 0 aliphatic rings.